The van der Waals surface area contributed by atoms with Gasteiger partial charge in [-0.1, -0.05) is 12.1 Å². The molecule has 0 radical (unpaired) electrons. The van der Waals surface area contributed by atoms with Crippen LogP contribution in [0.15, 0.2) is 24.3 Å². The van der Waals surface area contributed by atoms with Gasteiger partial charge in [0.15, 0.2) is 4.96 Å². The summed E-state index contributed by atoms with van der Waals surface area (Å²) in [6.45, 7) is 3.13. The van der Waals surface area contributed by atoms with Crippen LogP contribution in [0.1, 0.15) is 36.0 Å². The molecule has 2 aromatic heterocycles. The van der Waals surface area contributed by atoms with Crippen LogP contribution in [-0.2, 0) is 19.4 Å². The maximum absolute atomic E-state index is 6.12. The molecule has 0 spiro atoms. The molecule has 4 nitrogen and oxygen atoms in total. The van der Waals surface area contributed by atoms with Crippen molar-refractivity contribution < 1.29 is 4.74 Å². The molecule has 2 heterocycles. The van der Waals surface area contributed by atoms with Crippen molar-refractivity contribution in [2.75, 3.05) is 6.61 Å². The molecule has 1 aliphatic rings. The van der Waals surface area contributed by atoms with Crippen molar-refractivity contribution in [2.45, 2.75) is 39.2 Å². The Bertz CT molecular complexity index is 849. The number of imidazole rings is 1. The predicted molar refractivity (Wildman–Crippen MR) is 94.2 cm³/mol. The summed E-state index contributed by atoms with van der Waals surface area (Å²) in [6, 6.07) is 8.10. The first kappa shape index (κ1) is 14.7. The minimum absolute atomic E-state index is 0.486. The van der Waals surface area contributed by atoms with Crippen molar-refractivity contribution in [1.29, 1.82) is 0 Å². The van der Waals surface area contributed by atoms with E-state index in [1.807, 2.05) is 36.5 Å². The number of thiazole rings is 1. The van der Waals surface area contributed by atoms with Gasteiger partial charge in [-0.05, 0) is 44.7 Å². The van der Waals surface area contributed by atoms with E-state index in [1.165, 1.54) is 29.8 Å². The lowest BCUT2D eigenvalue weighted by atomic mass is 10.0. The van der Waals surface area contributed by atoms with E-state index in [1.54, 1.807) is 0 Å². The number of nitrogens with two attached hydrogens (primary N) is 1. The lowest BCUT2D eigenvalue weighted by Crippen LogP contribution is -2.08. The number of fused-ring (bicyclic) bond motifs is 3. The van der Waals surface area contributed by atoms with E-state index in [0.29, 0.717) is 13.2 Å². The molecule has 1 aromatic carbocycles. The quantitative estimate of drug-likeness (QED) is 0.793. The summed E-state index contributed by atoms with van der Waals surface area (Å²) < 4.78 is 8.09. The van der Waals surface area contributed by atoms with Crippen LogP contribution in [0.25, 0.3) is 16.2 Å². The SMILES string of the molecule is CCOc1ccccc1-c1nc2sc3c(n2c1CN)CCCC3. The van der Waals surface area contributed by atoms with Gasteiger partial charge in [0.1, 0.15) is 5.75 Å². The minimum atomic E-state index is 0.486. The third-order valence-corrected chi connectivity index (χ3v) is 5.59. The van der Waals surface area contributed by atoms with Crippen molar-refractivity contribution in [3.63, 3.8) is 0 Å². The fourth-order valence-corrected chi connectivity index (χ4v) is 4.67. The Morgan fingerprint density at radius 3 is 2.91 bits per heavy atom. The van der Waals surface area contributed by atoms with Crippen molar-refractivity contribution in [3.05, 3.63) is 40.5 Å². The third kappa shape index (κ3) is 2.35. The lowest BCUT2D eigenvalue weighted by molar-refractivity contribution is 0.341. The number of ether oxygens (including phenoxy) is 1. The van der Waals surface area contributed by atoms with Gasteiger partial charge in [-0.3, -0.25) is 4.40 Å². The van der Waals surface area contributed by atoms with Crippen LogP contribution in [0.2, 0.25) is 0 Å². The van der Waals surface area contributed by atoms with Gasteiger partial charge in [-0.2, -0.15) is 0 Å². The smallest absolute Gasteiger partial charge is 0.194 e. The Morgan fingerprint density at radius 2 is 2.09 bits per heavy atom. The molecule has 0 atom stereocenters. The highest BCUT2D eigenvalue weighted by Gasteiger charge is 2.23. The molecule has 0 aliphatic heterocycles. The number of aromatic nitrogens is 2. The second-order valence-corrected chi connectivity index (χ2v) is 6.90. The van der Waals surface area contributed by atoms with Crippen LogP contribution in [0.4, 0.5) is 0 Å². The number of benzene rings is 1. The van der Waals surface area contributed by atoms with E-state index in [9.17, 15) is 0 Å². The summed E-state index contributed by atoms with van der Waals surface area (Å²) in [6.07, 6.45) is 4.85. The minimum Gasteiger partial charge on any atom is -0.493 e. The molecule has 0 bridgehead atoms. The highest BCUT2D eigenvalue weighted by Crippen LogP contribution is 2.37. The Morgan fingerprint density at radius 1 is 1.26 bits per heavy atom. The summed E-state index contributed by atoms with van der Waals surface area (Å²) in [5.41, 5.74) is 10.6. The molecular weight excluding hydrogens is 306 g/mol. The van der Waals surface area contributed by atoms with Gasteiger partial charge in [0, 0.05) is 22.7 Å². The van der Waals surface area contributed by atoms with Crippen LogP contribution >= 0.6 is 11.3 Å². The lowest BCUT2D eigenvalue weighted by Gasteiger charge is -2.13. The standard InChI is InChI=1S/C18H21N3OS/c1-2-22-15-9-5-3-7-12(15)17-14(11-19)21-13-8-4-6-10-16(13)23-18(21)20-17/h3,5,7,9H,2,4,6,8,10-11,19H2,1H3. The molecule has 23 heavy (non-hydrogen) atoms. The Hall–Kier alpha value is -1.85. The second-order valence-electron chi connectivity index (χ2n) is 5.84. The van der Waals surface area contributed by atoms with E-state index in [0.717, 1.165) is 34.1 Å². The molecule has 0 amide bonds. The van der Waals surface area contributed by atoms with Crippen LogP contribution < -0.4 is 10.5 Å². The molecule has 4 rings (SSSR count). The molecule has 0 unspecified atom stereocenters. The summed E-state index contributed by atoms with van der Waals surface area (Å²) in [5, 5.41) is 0. The first-order chi connectivity index (χ1) is 11.3. The number of rotatable bonds is 4. The van der Waals surface area contributed by atoms with Gasteiger partial charge in [0.25, 0.3) is 0 Å². The number of aryl methyl sites for hydroxylation is 2. The molecular formula is C18H21N3OS. The maximum Gasteiger partial charge on any atom is 0.194 e. The van der Waals surface area contributed by atoms with Gasteiger partial charge < -0.3 is 10.5 Å². The summed E-state index contributed by atoms with van der Waals surface area (Å²) in [4.78, 5) is 7.48. The Kier molecular flexibility index (Phi) is 3.83. The van der Waals surface area contributed by atoms with Gasteiger partial charge in [-0.15, -0.1) is 11.3 Å². The fourth-order valence-electron chi connectivity index (χ4n) is 3.44. The highest BCUT2D eigenvalue weighted by atomic mass is 32.1. The zero-order chi connectivity index (χ0) is 15.8. The zero-order valence-electron chi connectivity index (χ0n) is 13.3. The second kappa shape index (κ2) is 5.98. The normalized spacial score (nSPS) is 14.2. The van der Waals surface area contributed by atoms with Crippen molar-refractivity contribution in [2.24, 2.45) is 5.73 Å². The monoisotopic (exact) mass is 327 g/mol. The first-order valence-electron chi connectivity index (χ1n) is 8.27. The van der Waals surface area contributed by atoms with Gasteiger partial charge in [-0.25, -0.2) is 4.98 Å². The largest absolute Gasteiger partial charge is 0.493 e. The summed E-state index contributed by atoms with van der Waals surface area (Å²) in [5.74, 6) is 0.879. The fraction of sp³-hybridized carbons (Fsp3) is 0.389. The molecule has 2 N–H and O–H groups in total. The summed E-state index contributed by atoms with van der Waals surface area (Å²) in [7, 11) is 0. The van der Waals surface area contributed by atoms with Crippen LogP contribution in [0, 0.1) is 0 Å². The number of nitrogens with zero attached hydrogens (tertiary/aromatic N) is 2. The number of hydrogen-bond acceptors (Lipinski definition) is 4. The van der Waals surface area contributed by atoms with E-state index in [4.69, 9.17) is 15.5 Å². The average Bonchev–Trinajstić information content (AvgIpc) is 3.11. The molecule has 0 fully saturated rings. The number of hydrogen-bond donors (Lipinski definition) is 1. The van der Waals surface area contributed by atoms with E-state index < -0.39 is 0 Å². The molecule has 120 valence electrons. The topological polar surface area (TPSA) is 52.5 Å². The summed E-state index contributed by atoms with van der Waals surface area (Å²) >= 11 is 1.82. The number of para-hydroxylation sites is 1. The van der Waals surface area contributed by atoms with Gasteiger partial charge in [0.05, 0.1) is 18.0 Å². The third-order valence-electron chi connectivity index (χ3n) is 4.45. The van der Waals surface area contributed by atoms with Crippen molar-refractivity contribution in [3.8, 4) is 17.0 Å². The van der Waals surface area contributed by atoms with Crippen molar-refractivity contribution >= 4 is 16.3 Å². The molecule has 3 aromatic rings. The maximum atomic E-state index is 6.12. The van der Waals surface area contributed by atoms with Gasteiger partial charge in [0.2, 0.25) is 0 Å². The van der Waals surface area contributed by atoms with Gasteiger partial charge >= 0.3 is 0 Å². The average molecular weight is 327 g/mol. The van der Waals surface area contributed by atoms with E-state index >= 15 is 0 Å². The molecule has 0 saturated carbocycles. The Balaban J connectivity index is 1.93. The van der Waals surface area contributed by atoms with Crippen LogP contribution in [0.5, 0.6) is 5.75 Å². The van der Waals surface area contributed by atoms with Crippen LogP contribution in [0.3, 0.4) is 0 Å². The highest BCUT2D eigenvalue weighted by molar-refractivity contribution is 7.17. The molecule has 1 aliphatic carbocycles. The van der Waals surface area contributed by atoms with E-state index in [2.05, 4.69) is 10.5 Å². The zero-order valence-corrected chi connectivity index (χ0v) is 14.2. The molecule has 0 saturated heterocycles. The van der Waals surface area contributed by atoms with E-state index in [-0.39, 0.29) is 0 Å². The molecule has 5 heteroatoms. The van der Waals surface area contributed by atoms with Crippen molar-refractivity contribution in [1.82, 2.24) is 9.38 Å². The van der Waals surface area contributed by atoms with Crippen LogP contribution in [-0.4, -0.2) is 16.0 Å². The predicted octanol–water partition coefficient (Wildman–Crippen LogP) is 3.80. The first-order valence-corrected chi connectivity index (χ1v) is 9.09. The Labute approximate surface area is 139 Å².